The lowest BCUT2D eigenvalue weighted by Gasteiger charge is -2.05. The molecule has 5 heteroatoms. The van der Waals surface area contributed by atoms with Gasteiger partial charge in [-0.2, -0.15) is 4.98 Å². The molecule has 5 nitrogen and oxygen atoms in total. The number of nitrogens with zero attached hydrogens (tertiary/aromatic N) is 3. The molecule has 18 heavy (non-hydrogen) atoms. The average Bonchev–Trinajstić information content (AvgIpc) is 2.85. The number of aryl methyl sites for hydroxylation is 1. The summed E-state index contributed by atoms with van der Waals surface area (Å²) in [4.78, 5) is 15.6. The maximum atomic E-state index is 5.72. The van der Waals surface area contributed by atoms with Crippen LogP contribution in [-0.4, -0.2) is 19.9 Å². The van der Waals surface area contributed by atoms with Crippen LogP contribution in [0.1, 0.15) is 12.5 Å². The van der Waals surface area contributed by atoms with Gasteiger partial charge in [0, 0.05) is 5.56 Å². The molecule has 0 fully saturated rings. The van der Waals surface area contributed by atoms with Crippen molar-refractivity contribution in [3.05, 3.63) is 36.2 Å². The summed E-state index contributed by atoms with van der Waals surface area (Å²) in [5.74, 6) is 0.242. The van der Waals surface area contributed by atoms with Gasteiger partial charge >= 0.3 is 0 Å². The second-order valence-corrected chi connectivity index (χ2v) is 4.09. The summed E-state index contributed by atoms with van der Waals surface area (Å²) in [6.45, 7) is 2.12. The van der Waals surface area contributed by atoms with Gasteiger partial charge in [0.15, 0.2) is 5.65 Å². The van der Waals surface area contributed by atoms with E-state index in [0.29, 0.717) is 5.65 Å². The molecule has 0 spiro atoms. The molecule has 0 atom stereocenters. The molecule has 2 heterocycles. The molecule has 0 saturated carbocycles. The SMILES string of the molecule is CCc1cccc(-c2nc(N)nc3nc[nH]c23)c1. The predicted molar refractivity (Wildman–Crippen MR) is 70.9 cm³/mol. The molecule has 0 saturated heterocycles. The molecule has 3 N–H and O–H groups in total. The third-order valence-electron chi connectivity index (χ3n) is 2.91. The zero-order valence-corrected chi connectivity index (χ0v) is 10.0. The maximum absolute atomic E-state index is 5.72. The van der Waals surface area contributed by atoms with E-state index in [0.717, 1.165) is 23.2 Å². The van der Waals surface area contributed by atoms with Crippen molar-refractivity contribution in [2.24, 2.45) is 0 Å². The van der Waals surface area contributed by atoms with Gasteiger partial charge in [-0.25, -0.2) is 9.97 Å². The van der Waals surface area contributed by atoms with Gasteiger partial charge in [0.2, 0.25) is 5.95 Å². The highest BCUT2D eigenvalue weighted by molar-refractivity contribution is 5.87. The number of fused-ring (bicyclic) bond motifs is 1. The normalized spacial score (nSPS) is 10.9. The molecule has 0 amide bonds. The van der Waals surface area contributed by atoms with E-state index in [9.17, 15) is 0 Å². The van der Waals surface area contributed by atoms with Crippen LogP contribution >= 0.6 is 0 Å². The highest BCUT2D eigenvalue weighted by Gasteiger charge is 2.10. The second-order valence-electron chi connectivity index (χ2n) is 4.09. The van der Waals surface area contributed by atoms with Gasteiger partial charge in [-0.1, -0.05) is 25.1 Å². The molecule has 0 unspecified atom stereocenters. The minimum atomic E-state index is 0.242. The van der Waals surface area contributed by atoms with Crippen LogP contribution in [0.4, 0.5) is 5.95 Å². The molecule has 3 aromatic rings. The van der Waals surface area contributed by atoms with Crippen molar-refractivity contribution in [1.29, 1.82) is 0 Å². The number of rotatable bonds is 2. The standard InChI is InChI=1S/C13H13N5/c1-2-8-4-3-5-9(6-8)10-11-12(16-7-15-11)18-13(14)17-10/h3-7H,2H2,1H3,(H3,14,15,16,17,18). The first-order valence-electron chi connectivity index (χ1n) is 5.84. The molecule has 0 aliphatic heterocycles. The fourth-order valence-corrected chi connectivity index (χ4v) is 2.00. The van der Waals surface area contributed by atoms with E-state index in [4.69, 9.17) is 5.73 Å². The van der Waals surface area contributed by atoms with Crippen LogP contribution in [0.2, 0.25) is 0 Å². The first-order valence-corrected chi connectivity index (χ1v) is 5.84. The smallest absolute Gasteiger partial charge is 0.222 e. The van der Waals surface area contributed by atoms with Crippen molar-refractivity contribution < 1.29 is 0 Å². The van der Waals surface area contributed by atoms with Crippen molar-refractivity contribution in [2.45, 2.75) is 13.3 Å². The summed E-state index contributed by atoms with van der Waals surface area (Å²) in [5, 5.41) is 0. The van der Waals surface area contributed by atoms with Crippen molar-refractivity contribution in [1.82, 2.24) is 19.9 Å². The Balaban J connectivity index is 2.26. The Morgan fingerprint density at radius 2 is 2.17 bits per heavy atom. The van der Waals surface area contributed by atoms with Gasteiger partial charge in [-0.05, 0) is 18.1 Å². The van der Waals surface area contributed by atoms with Crippen LogP contribution in [0.5, 0.6) is 0 Å². The zero-order chi connectivity index (χ0) is 12.5. The molecular formula is C13H13N5. The number of anilines is 1. The molecule has 0 radical (unpaired) electrons. The number of hydrogen-bond acceptors (Lipinski definition) is 4. The molecule has 0 aliphatic carbocycles. The number of imidazole rings is 1. The summed E-state index contributed by atoms with van der Waals surface area (Å²) in [5.41, 5.74) is 10.2. The summed E-state index contributed by atoms with van der Waals surface area (Å²) < 4.78 is 0. The Kier molecular flexibility index (Phi) is 2.44. The number of H-pyrrole nitrogens is 1. The first kappa shape index (κ1) is 10.7. The van der Waals surface area contributed by atoms with Gasteiger partial charge in [-0.3, -0.25) is 0 Å². The highest BCUT2D eigenvalue weighted by atomic mass is 15.1. The van der Waals surface area contributed by atoms with Crippen molar-refractivity contribution in [3.63, 3.8) is 0 Å². The van der Waals surface area contributed by atoms with Gasteiger partial charge < -0.3 is 10.7 Å². The highest BCUT2D eigenvalue weighted by Crippen LogP contribution is 2.25. The van der Waals surface area contributed by atoms with Gasteiger partial charge in [0.25, 0.3) is 0 Å². The van der Waals surface area contributed by atoms with E-state index in [-0.39, 0.29) is 5.95 Å². The number of hydrogen-bond donors (Lipinski definition) is 2. The van der Waals surface area contributed by atoms with E-state index in [1.54, 1.807) is 6.33 Å². The zero-order valence-electron chi connectivity index (χ0n) is 10.0. The molecule has 1 aromatic carbocycles. The van der Waals surface area contributed by atoms with Gasteiger partial charge in [0.1, 0.15) is 11.2 Å². The van der Waals surface area contributed by atoms with Crippen molar-refractivity contribution >= 4 is 17.1 Å². The first-order chi connectivity index (χ1) is 8.78. The summed E-state index contributed by atoms with van der Waals surface area (Å²) in [7, 11) is 0. The van der Waals surface area contributed by atoms with E-state index in [1.807, 2.05) is 12.1 Å². The molecule has 3 rings (SSSR count). The van der Waals surface area contributed by atoms with Crippen molar-refractivity contribution in [3.8, 4) is 11.3 Å². The Hall–Kier alpha value is -2.43. The monoisotopic (exact) mass is 239 g/mol. The van der Waals surface area contributed by atoms with Crippen molar-refractivity contribution in [2.75, 3.05) is 5.73 Å². The summed E-state index contributed by atoms with van der Waals surface area (Å²) >= 11 is 0. The Bertz CT molecular complexity index is 701. The number of nitrogens with one attached hydrogen (secondary N) is 1. The second kappa shape index (κ2) is 4.10. The third kappa shape index (κ3) is 1.69. The van der Waals surface area contributed by atoms with Crippen LogP contribution in [0.3, 0.4) is 0 Å². The summed E-state index contributed by atoms with van der Waals surface area (Å²) in [6, 6.07) is 8.25. The predicted octanol–water partition coefficient (Wildman–Crippen LogP) is 2.16. The van der Waals surface area contributed by atoms with Gasteiger partial charge in [0.05, 0.1) is 6.33 Å². The lowest BCUT2D eigenvalue weighted by molar-refractivity contribution is 1.14. The van der Waals surface area contributed by atoms with E-state index in [2.05, 4.69) is 39.0 Å². The largest absolute Gasteiger partial charge is 0.368 e. The van der Waals surface area contributed by atoms with Crippen LogP contribution in [0, 0.1) is 0 Å². The van der Waals surface area contributed by atoms with Crippen LogP contribution < -0.4 is 5.73 Å². The summed E-state index contributed by atoms with van der Waals surface area (Å²) in [6.07, 6.45) is 2.59. The van der Waals surface area contributed by atoms with E-state index >= 15 is 0 Å². The average molecular weight is 239 g/mol. The van der Waals surface area contributed by atoms with Crippen LogP contribution in [0.15, 0.2) is 30.6 Å². The maximum Gasteiger partial charge on any atom is 0.222 e. The molecular weight excluding hydrogens is 226 g/mol. The minimum absolute atomic E-state index is 0.242. The van der Waals surface area contributed by atoms with Gasteiger partial charge in [-0.15, -0.1) is 0 Å². The van der Waals surface area contributed by atoms with Crippen LogP contribution in [0.25, 0.3) is 22.4 Å². The Morgan fingerprint density at radius 3 is 3.00 bits per heavy atom. The van der Waals surface area contributed by atoms with E-state index < -0.39 is 0 Å². The molecule has 0 bridgehead atoms. The van der Waals surface area contributed by atoms with Crippen LogP contribution in [-0.2, 0) is 6.42 Å². The minimum Gasteiger partial charge on any atom is -0.368 e. The molecule has 90 valence electrons. The van der Waals surface area contributed by atoms with E-state index in [1.165, 1.54) is 5.56 Å². The lowest BCUT2D eigenvalue weighted by atomic mass is 10.1. The number of benzene rings is 1. The lowest BCUT2D eigenvalue weighted by Crippen LogP contribution is -1.98. The molecule has 2 aromatic heterocycles. The number of aromatic amines is 1. The number of nitrogen functional groups attached to an aromatic ring is 1. The Labute approximate surface area is 104 Å². The third-order valence-corrected chi connectivity index (χ3v) is 2.91. The quantitative estimate of drug-likeness (QED) is 0.718. The topological polar surface area (TPSA) is 80.5 Å². The number of nitrogens with two attached hydrogens (primary N) is 1. The fraction of sp³-hybridized carbons (Fsp3) is 0.154. The Morgan fingerprint density at radius 1 is 1.28 bits per heavy atom. The number of aromatic nitrogens is 4. The molecule has 0 aliphatic rings. The fourth-order valence-electron chi connectivity index (χ4n) is 2.00.